The number of aromatic amines is 1. The summed E-state index contributed by atoms with van der Waals surface area (Å²) in [6, 6.07) is 20.3. The van der Waals surface area contributed by atoms with Crippen LogP contribution in [0.5, 0.6) is 0 Å². The molecule has 36 heavy (non-hydrogen) atoms. The van der Waals surface area contributed by atoms with Gasteiger partial charge in [0.1, 0.15) is 12.6 Å². The molecular weight excluding hydrogens is 567 g/mol. The van der Waals surface area contributed by atoms with Gasteiger partial charge in [-0.2, -0.15) is 0 Å². The van der Waals surface area contributed by atoms with E-state index < -0.39 is 12.3 Å². The van der Waals surface area contributed by atoms with Gasteiger partial charge in [0.2, 0.25) is 5.91 Å². The van der Waals surface area contributed by atoms with Crippen LogP contribution in [0.25, 0.3) is 11.3 Å². The van der Waals surface area contributed by atoms with E-state index >= 15 is 0 Å². The summed E-state index contributed by atoms with van der Waals surface area (Å²) >= 11 is 9.68. The van der Waals surface area contributed by atoms with E-state index in [2.05, 4.69) is 25.9 Å². The van der Waals surface area contributed by atoms with Crippen LogP contribution in [0.4, 0.5) is 11.4 Å². The number of benzene rings is 3. The standard InChI is InChI=1S/C26H22BrClN4O3.ClH/c27-21-6-2-5-20-24(21)32(26(35)25(20)34)14-23(33)31(13-16-3-1-4-18(28)11-16)19-9-7-17(8-10-19)22-12-29-15-30-22;/h1-12,15,25-26,34-35H,13-14H2,(H,29,30);1H. The van der Waals surface area contributed by atoms with Gasteiger partial charge in [-0.05, 0) is 57.4 Å². The lowest BCUT2D eigenvalue weighted by atomic mass is 10.1. The highest BCUT2D eigenvalue weighted by Gasteiger charge is 2.39. The first-order valence-electron chi connectivity index (χ1n) is 11.0. The number of nitrogens with one attached hydrogen (secondary N) is 1. The first kappa shape index (κ1) is 26.2. The van der Waals surface area contributed by atoms with Gasteiger partial charge in [0.25, 0.3) is 0 Å². The first-order chi connectivity index (χ1) is 16.9. The highest BCUT2D eigenvalue weighted by molar-refractivity contribution is 9.10. The van der Waals surface area contributed by atoms with Crippen LogP contribution < -0.4 is 9.80 Å². The number of para-hydroxylation sites is 1. The van der Waals surface area contributed by atoms with Crippen LogP contribution in [0.1, 0.15) is 17.2 Å². The number of nitrogens with zero attached hydrogens (tertiary/aromatic N) is 3. The Morgan fingerprint density at radius 2 is 1.86 bits per heavy atom. The Kier molecular flexibility index (Phi) is 8.02. The molecule has 1 aliphatic heterocycles. The number of aliphatic hydroxyl groups is 2. The number of rotatable bonds is 6. The summed E-state index contributed by atoms with van der Waals surface area (Å²) in [5.41, 5.74) is 4.56. The van der Waals surface area contributed by atoms with E-state index in [-0.39, 0.29) is 31.4 Å². The molecule has 2 heterocycles. The van der Waals surface area contributed by atoms with Gasteiger partial charge < -0.3 is 25.0 Å². The fourth-order valence-corrected chi connectivity index (χ4v) is 5.14. The molecule has 0 saturated carbocycles. The Bertz CT molecular complexity index is 1350. The predicted molar refractivity (Wildman–Crippen MR) is 146 cm³/mol. The number of aliphatic hydroxyl groups excluding tert-OH is 2. The van der Waals surface area contributed by atoms with Crippen molar-refractivity contribution in [2.45, 2.75) is 18.9 Å². The molecular formula is C26H23BrCl2N4O3. The number of aromatic nitrogens is 2. The molecule has 1 aromatic heterocycles. The number of halogens is 3. The number of amides is 1. The second-order valence-electron chi connectivity index (χ2n) is 8.29. The van der Waals surface area contributed by atoms with E-state index in [0.717, 1.165) is 16.8 Å². The molecule has 0 bridgehead atoms. The van der Waals surface area contributed by atoms with Gasteiger partial charge in [-0.3, -0.25) is 4.79 Å². The van der Waals surface area contributed by atoms with E-state index in [0.29, 0.717) is 26.4 Å². The highest BCUT2D eigenvalue weighted by Crippen LogP contribution is 2.43. The van der Waals surface area contributed by atoms with Gasteiger partial charge in [-0.1, -0.05) is 48.0 Å². The molecule has 0 aliphatic carbocycles. The number of H-pyrrole nitrogens is 1. The largest absolute Gasteiger partial charge is 0.384 e. The fourth-order valence-electron chi connectivity index (χ4n) is 4.32. The quantitative estimate of drug-likeness (QED) is 0.283. The van der Waals surface area contributed by atoms with E-state index in [4.69, 9.17) is 11.6 Å². The number of hydrogen-bond donors (Lipinski definition) is 3. The summed E-state index contributed by atoms with van der Waals surface area (Å²) in [4.78, 5) is 24.0. The van der Waals surface area contributed by atoms with Crippen molar-refractivity contribution in [1.82, 2.24) is 9.97 Å². The van der Waals surface area contributed by atoms with Gasteiger partial charge >= 0.3 is 0 Å². The van der Waals surface area contributed by atoms with Gasteiger partial charge in [-0.25, -0.2) is 4.98 Å². The Labute approximate surface area is 227 Å². The second kappa shape index (κ2) is 11.0. The number of carbonyl (C=O) groups excluding carboxylic acids is 1. The number of imidazole rings is 1. The molecule has 0 radical (unpaired) electrons. The molecule has 10 heteroatoms. The van der Waals surface area contributed by atoms with Crippen LogP contribution in [-0.2, 0) is 11.3 Å². The van der Waals surface area contributed by atoms with Crippen molar-refractivity contribution in [3.05, 3.63) is 99.9 Å². The Morgan fingerprint density at radius 1 is 1.11 bits per heavy atom. The molecule has 0 fully saturated rings. The maximum atomic E-state index is 13.7. The third-order valence-corrected chi connectivity index (χ3v) is 6.93. The van der Waals surface area contributed by atoms with Crippen molar-refractivity contribution in [3.63, 3.8) is 0 Å². The van der Waals surface area contributed by atoms with Crippen molar-refractivity contribution in [2.24, 2.45) is 0 Å². The molecule has 186 valence electrons. The van der Waals surface area contributed by atoms with Gasteiger partial charge in [0.15, 0.2) is 6.23 Å². The lowest BCUT2D eigenvalue weighted by molar-refractivity contribution is -0.118. The van der Waals surface area contributed by atoms with Crippen molar-refractivity contribution < 1.29 is 15.0 Å². The molecule has 1 amide bonds. The van der Waals surface area contributed by atoms with Crippen LogP contribution in [0.3, 0.4) is 0 Å². The molecule has 3 aromatic carbocycles. The summed E-state index contributed by atoms with van der Waals surface area (Å²) in [6.07, 6.45) is 1.01. The Hall–Kier alpha value is -2.88. The zero-order chi connectivity index (χ0) is 24.5. The number of anilines is 2. The zero-order valence-electron chi connectivity index (χ0n) is 18.9. The van der Waals surface area contributed by atoms with Crippen LogP contribution in [0.15, 0.2) is 83.7 Å². The average Bonchev–Trinajstić information content (AvgIpc) is 3.47. The molecule has 7 nitrogen and oxygen atoms in total. The third-order valence-electron chi connectivity index (χ3n) is 6.05. The minimum atomic E-state index is -1.23. The molecule has 2 atom stereocenters. The smallest absolute Gasteiger partial charge is 0.246 e. The average molecular weight is 590 g/mol. The van der Waals surface area contributed by atoms with Crippen molar-refractivity contribution in [1.29, 1.82) is 0 Å². The summed E-state index contributed by atoms with van der Waals surface area (Å²) in [5.74, 6) is -0.242. The van der Waals surface area contributed by atoms with E-state index in [1.807, 2.05) is 48.5 Å². The molecule has 5 rings (SSSR count). The number of fused-ring (bicyclic) bond motifs is 1. The summed E-state index contributed by atoms with van der Waals surface area (Å²) in [7, 11) is 0. The Morgan fingerprint density at radius 3 is 2.56 bits per heavy atom. The Balaban J connectivity index is 0.00000304. The molecule has 0 spiro atoms. The maximum absolute atomic E-state index is 13.7. The van der Waals surface area contributed by atoms with Crippen molar-refractivity contribution in [2.75, 3.05) is 16.3 Å². The van der Waals surface area contributed by atoms with Crippen LogP contribution in [0.2, 0.25) is 5.02 Å². The molecule has 3 N–H and O–H groups in total. The topological polar surface area (TPSA) is 92.7 Å². The zero-order valence-corrected chi connectivity index (χ0v) is 22.0. The summed E-state index contributed by atoms with van der Waals surface area (Å²) in [6.45, 7) is 0.162. The fraction of sp³-hybridized carbons (Fsp3) is 0.154. The SMILES string of the molecule is Cl.O=C(CN1c2c(Br)cccc2C(O)C1O)N(Cc1cccc(Cl)c1)c1ccc(-c2cnc[nH]2)cc1. The van der Waals surface area contributed by atoms with E-state index in [1.54, 1.807) is 35.6 Å². The lowest BCUT2D eigenvalue weighted by Gasteiger charge is -2.29. The number of hydrogen-bond acceptors (Lipinski definition) is 5. The second-order valence-corrected chi connectivity index (χ2v) is 9.58. The van der Waals surface area contributed by atoms with E-state index in [1.165, 1.54) is 4.90 Å². The summed E-state index contributed by atoms with van der Waals surface area (Å²) in [5, 5.41) is 21.9. The van der Waals surface area contributed by atoms with Gasteiger partial charge in [-0.15, -0.1) is 12.4 Å². The minimum Gasteiger partial charge on any atom is -0.384 e. The predicted octanol–water partition coefficient (Wildman–Crippen LogP) is 5.32. The van der Waals surface area contributed by atoms with Crippen LogP contribution in [-0.4, -0.2) is 38.9 Å². The van der Waals surface area contributed by atoms with E-state index in [9.17, 15) is 15.0 Å². The van der Waals surface area contributed by atoms with Crippen molar-refractivity contribution >= 4 is 57.2 Å². The summed E-state index contributed by atoms with van der Waals surface area (Å²) < 4.78 is 0.698. The molecule has 2 unspecified atom stereocenters. The molecule has 1 aliphatic rings. The minimum absolute atomic E-state index is 0. The van der Waals surface area contributed by atoms with Gasteiger partial charge in [0, 0.05) is 20.7 Å². The van der Waals surface area contributed by atoms with Crippen LogP contribution in [0, 0.1) is 0 Å². The monoisotopic (exact) mass is 588 g/mol. The first-order valence-corrected chi connectivity index (χ1v) is 12.1. The molecule has 0 saturated heterocycles. The number of carbonyl (C=O) groups is 1. The lowest BCUT2D eigenvalue weighted by Crippen LogP contribution is -2.44. The van der Waals surface area contributed by atoms with Gasteiger partial charge in [0.05, 0.1) is 30.5 Å². The normalized spacial score (nSPS) is 16.4. The highest BCUT2D eigenvalue weighted by atomic mass is 79.9. The molecule has 4 aromatic rings. The van der Waals surface area contributed by atoms with Crippen LogP contribution >= 0.6 is 39.9 Å². The maximum Gasteiger partial charge on any atom is 0.246 e. The third kappa shape index (κ3) is 5.14. The van der Waals surface area contributed by atoms with Crippen molar-refractivity contribution in [3.8, 4) is 11.3 Å².